The maximum Gasteiger partial charge on any atom is 0.353 e. The summed E-state index contributed by atoms with van der Waals surface area (Å²) in [6.45, 7) is 0. The Morgan fingerprint density at radius 2 is 2.09 bits per heavy atom. The van der Waals surface area contributed by atoms with Gasteiger partial charge in [-0.3, -0.25) is 5.10 Å². The van der Waals surface area contributed by atoms with Gasteiger partial charge in [0.25, 0.3) is 0 Å². The molecule has 1 aliphatic rings. The predicted molar refractivity (Wildman–Crippen MR) is 88.1 cm³/mol. The Hall–Kier alpha value is -2.02. The second kappa shape index (κ2) is 6.62. The minimum absolute atomic E-state index is 0.0429. The number of aromatic carboxylic acids is 1. The molecule has 0 amide bonds. The lowest BCUT2D eigenvalue weighted by atomic mass is 10.1. The first-order valence-electron chi connectivity index (χ1n) is 7.41. The molecule has 6 nitrogen and oxygen atoms in total. The maximum atomic E-state index is 11.0. The molecule has 122 valence electrons. The van der Waals surface area contributed by atoms with E-state index in [9.17, 15) is 4.79 Å². The second-order valence-electron chi connectivity index (χ2n) is 5.49. The first-order valence-corrected chi connectivity index (χ1v) is 8.21. The van der Waals surface area contributed by atoms with E-state index in [0.717, 1.165) is 22.9 Å². The van der Waals surface area contributed by atoms with E-state index < -0.39 is 5.97 Å². The van der Waals surface area contributed by atoms with Crippen LogP contribution in [0.3, 0.4) is 0 Å². The second-order valence-corrected chi connectivity index (χ2v) is 6.34. The minimum Gasteiger partial charge on any atom is -0.493 e. The number of carbonyl (C=O) groups is 1. The highest BCUT2D eigenvalue weighted by Crippen LogP contribution is 2.41. The van der Waals surface area contributed by atoms with Crippen LogP contribution in [0.15, 0.2) is 22.7 Å². The van der Waals surface area contributed by atoms with Crippen LogP contribution in [0, 0.1) is 0 Å². The molecule has 0 unspecified atom stereocenters. The number of ether oxygens (including phenoxy) is 2. The standard InChI is InChI=1S/C16H17BrN2O4/c1-22-14-7-9(12-8-13(16(20)21)19-18-12)6-11(17)15(14)23-10-4-2-3-5-10/h6-8,10H,2-5H2,1H3,(H,18,19)(H,20,21). The highest BCUT2D eigenvalue weighted by atomic mass is 79.9. The Morgan fingerprint density at radius 1 is 1.35 bits per heavy atom. The van der Waals surface area contributed by atoms with E-state index in [1.165, 1.54) is 18.9 Å². The molecule has 0 saturated heterocycles. The van der Waals surface area contributed by atoms with Crippen LogP contribution in [0.1, 0.15) is 36.2 Å². The van der Waals surface area contributed by atoms with Crippen LogP contribution in [-0.2, 0) is 0 Å². The molecule has 1 saturated carbocycles. The molecule has 2 aromatic rings. The van der Waals surface area contributed by atoms with Crippen LogP contribution < -0.4 is 9.47 Å². The molecule has 1 aliphatic carbocycles. The van der Waals surface area contributed by atoms with Crippen molar-refractivity contribution < 1.29 is 19.4 Å². The quantitative estimate of drug-likeness (QED) is 0.822. The third kappa shape index (κ3) is 3.34. The summed E-state index contributed by atoms with van der Waals surface area (Å²) in [6, 6.07) is 5.15. The number of aromatic amines is 1. The van der Waals surface area contributed by atoms with E-state index >= 15 is 0 Å². The largest absolute Gasteiger partial charge is 0.493 e. The number of H-pyrrole nitrogens is 1. The SMILES string of the molecule is COc1cc(-c2cc(C(=O)O)[nH]n2)cc(Br)c1OC1CCCC1. The molecule has 0 aliphatic heterocycles. The molecule has 23 heavy (non-hydrogen) atoms. The van der Waals surface area contributed by atoms with Gasteiger partial charge in [0.05, 0.1) is 23.4 Å². The summed E-state index contributed by atoms with van der Waals surface area (Å²) < 4.78 is 12.3. The van der Waals surface area contributed by atoms with Gasteiger partial charge in [-0.2, -0.15) is 5.10 Å². The molecular formula is C16H17BrN2O4. The summed E-state index contributed by atoms with van der Waals surface area (Å²) in [4.78, 5) is 11.0. The molecule has 0 bridgehead atoms. The van der Waals surface area contributed by atoms with Crippen molar-refractivity contribution in [2.24, 2.45) is 0 Å². The molecule has 1 aromatic heterocycles. The Balaban J connectivity index is 1.93. The Labute approximate surface area is 141 Å². The lowest BCUT2D eigenvalue weighted by Crippen LogP contribution is -2.12. The topological polar surface area (TPSA) is 84.4 Å². The van der Waals surface area contributed by atoms with Gasteiger partial charge in [0.15, 0.2) is 11.5 Å². The normalized spacial score (nSPS) is 14.9. The molecule has 1 aromatic carbocycles. The van der Waals surface area contributed by atoms with Crippen molar-refractivity contribution >= 4 is 21.9 Å². The summed E-state index contributed by atoms with van der Waals surface area (Å²) in [5, 5.41) is 15.5. The fourth-order valence-corrected chi connectivity index (χ4v) is 3.27. The van der Waals surface area contributed by atoms with Gasteiger partial charge in [0, 0.05) is 5.56 Å². The Kier molecular flexibility index (Phi) is 4.56. The van der Waals surface area contributed by atoms with E-state index in [-0.39, 0.29) is 11.8 Å². The van der Waals surface area contributed by atoms with Crippen LogP contribution >= 0.6 is 15.9 Å². The van der Waals surface area contributed by atoms with Gasteiger partial charge in [-0.15, -0.1) is 0 Å². The van der Waals surface area contributed by atoms with Crippen molar-refractivity contribution in [2.75, 3.05) is 7.11 Å². The zero-order valence-electron chi connectivity index (χ0n) is 12.6. The van der Waals surface area contributed by atoms with Crippen LogP contribution in [0.2, 0.25) is 0 Å². The fourth-order valence-electron chi connectivity index (χ4n) is 2.73. The van der Waals surface area contributed by atoms with Crippen LogP contribution in [0.25, 0.3) is 11.3 Å². The van der Waals surface area contributed by atoms with Crippen molar-refractivity contribution in [2.45, 2.75) is 31.8 Å². The lowest BCUT2D eigenvalue weighted by molar-refractivity contribution is 0.0690. The number of carboxylic acids is 1. The zero-order chi connectivity index (χ0) is 16.4. The number of hydrogen-bond donors (Lipinski definition) is 2. The molecule has 0 spiro atoms. The third-order valence-electron chi connectivity index (χ3n) is 3.92. The molecule has 3 rings (SSSR count). The van der Waals surface area contributed by atoms with Crippen molar-refractivity contribution in [1.82, 2.24) is 10.2 Å². The van der Waals surface area contributed by atoms with Crippen LogP contribution in [0.5, 0.6) is 11.5 Å². The summed E-state index contributed by atoms with van der Waals surface area (Å²) in [5.41, 5.74) is 1.33. The van der Waals surface area contributed by atoms with E-state index in [1.807, 2.05) is 6.07 Å². The van der Waals surface area contributed by atoms with Crippen molar-refractivity contribution in [1.29, 1.82) is 0 Å². The third-order valence-corrected chi connectivity index (χ3v) is 4.51. The number of carboxylic acid groups (broad SMARTS) is 1. The van der Waals surface area contributed by atoms with Gasteiger partial charge in [-0.05, 0) is 59.8 Å². The van der Waals surface area contributed by atoms with Crippen molar-refractivity contribution in [3.05, 3.63) is 28.4 Å². The van der Waals surface area contributed by atoms with E-state index in [1.54, 1.807) is 13.2 Å². The van der Waals surface area contributed by atoms with Gasteiger partial charge >= 0.3 is 5.97 Å². The maximum absolute atomic E-state index is 11.0. The first kappa shape index (κ1) is 15.9. The molecule has 7 heteroatoms. The van der Waals surface area contributed by atoms with Gasteiger partial charge in [0.1, 0.15) is 5.69 Å². The summed E-state index contributed by atoms with van der Waals surface area (Å²) >= 11 is 3.52. The van der Waals surface area contributed by atoms with E-state index in [0.29, 0.717) is 17.2 Å². The number of nitrogens with zero attached hydrogens (tertiary/aromatic N) is 1. The average Bonchev–Trinajstić information content (AvgIpc) is 3.20. The highest BCUT2D eigenvalue weighted by molar-refractivity contribution is 9.10. The van der Waals surface area contributed by atoms with E-state index in [4.69, 9.17) is 14.6 Å². The molecule has 0 atom stereocenters. The smallest absolute Gasteiger partial charge is 0.353 e. The number of methoxy groups -OCH3 is 1. The van der Waals surface area contributed by atoms with Crippen molar-refractivity contribution in [3.8, 4) is 22.8 Å². The van der Waals surface area contributed by atoms with Gasteiger partial charge in [-0.1, -0.05) is 0 Å². The first-order chi connectivity index (χ1) is 11.1. The Bertz CT molecular complexity index is 723. The number of halogens is 1. The van der Waals surface area contributed by atoms with E-state index in [2.05, 4.69) is 26.1 Å². The summed E-state index contributed by atoms with van der Waals surface area (Å²) in [7, 11) is 1.58. The fraction of sp³-hybridized carbons (Fsp3) is 0.375. The monoisotopic (exact) mass is 380 g/mol. The van der Waals surface area contributed by atoms with Crippen LogP contribution in [0.4, 0.5) is 0 Å². The summed E-state index contributed by atoms with van der Waals surface area (Å²) in [6.07, 6.45) is 4.70. The van der Waals surface area contributed by atoms with Crippen LogP contribution in [-0.4, -0.2) is 34.5 Å². The van der Waals surface area contributed by atoms with Crippen molar-refractivity contribution in [3.63, 3.8) is 0 Å². The van der Waals surface area contributed by atoms with Gasteiger partial charge in [-0.25, -0.2) is 4.79 Å². The number of rotatable bonds is 5. The molecule has 0 radical (unpaired) electrons. The summed E-state index contributed by atoms with van der Waals surface area (Å²) in [5.74, 6) is 0.231. The predicted octanol–water partition coefficient (Wildman–Crippen LogP) is 3.87. The number of hydrogen-bond acceptors (Lipinski definition) is 4. The molecular weight excluding hydrogens is 364 g/mol. The molecule has 1 heterocycles. The number of nitrogens with one attached hydrogen (secondary N) is 1. The average molecular weight is 381 g/mol. The van der Waals surface area contributed by atoms with Gasteiger partial charge < -0.3 is 14.6 Å². The Morgan fingerprint density at radius 3 is 2.70 bits per heavy atom. The highest BCUT2D eigenvalue weighted by Gasteiger charge is 2.21. The molecule has 1 fully saturated rings. The lowest BCUT2D eigenvalue weighted by Gasteiger charge is -2.18. The minimum atomic E-state index is -1.05. The number of benzene rings is 1. The van der Waals surface area contributed by atoms with Gasteiger partial charge in [0.2, 0.25) is 0 Å². The number of aromatic nitrogens is 2. The zero-order valence-corrected chi connectivity index (χ0v) is 14.2. The molecule has 2 N–H and O–H groups in total.